The number of rotatable bonds is 1. The van der Waals surface area contributed by atoms with E-state index in [4.69, 9.17) is 46.4 Å². The summed E-state index contributed by atoms with van der Waals surface area (Å²) >= 11 is 22.6. The molecule has 92 valence electrons. The fourth-order valence-corrected chi connectivity index (χ4v) is 1.86. The lowest BCUT2D eigenvalue weighted by Crippen LogP contribution is -2.01. The molecule has 0 saturated heterocycles. The van der Waals surface area contributed by atoms with E-state index < -0.39 is 10.2 Å². The quantitative estimate of drug-likeness (QED) is 0.738. The first-order valence-corrected chi connectivity index (χ1v) is 5.84. The molecular formula is C9H4Cl4F2N2. The molecule has 2 rings (SSSR count). The lowest BCUT2D eigenvalue weighted by molar-refractivity contribution is 0.151. The van der Waals surface area contributed by atoms with Gasteiger partial charge in [-0.15, -0.1) is 0 Å². The lowest BCUT2D eigenvalue weighted by atomic mass is 10.2. The minimum atomic E-state index is -2.67. The molecule has 0 aliphatic carbocycles. The second-order valence-electron chi connectivity index (χ2n) is 3.27. The first kappa shape index (κ1) is 13.1. The number of aromatic amines is 1. The first-order valence-electron chi connectivity index (χ1n) is 4.33. The van der Waals surface area contributed by atoms with E-state index in [2.05, 4.69) is 9.97 Å². The lowest BCUT2D eigenvalue weighted by Gasteiger charge is -2.04. The fraction of sp³-hybridized carbons (Fsp3) is 0.222. The Bertz CT molecular complexity index is 562. The number of aromatic nitrogens is 2. The predicted octanol–water partition coefficient (Wildman–Crippen LogP) is 4.98. The van der Waals surface area contributed by atoms with Gasteiger partial charge in [-0.05, 0) is 12.1 Å². The molecule has 1 N–H and O–H groups in total. The van der Waals surface area contributed by atoms with Crippen LogP contribution in [0.5, 0.6) is 0 Å². The molecular weight excluding hydrogens is 316 g/mol. The molecule has 0 fully saturated rings. The van der Waals surface area contributed by atoms with E-state index in [0.717, 1.165) is 0 Å². The highest BCUT2D eigenvalue weighted by Gasteiger charge is 2.27. The van der Waals surface area contributed by atoms with Gasteiger partial charge >= 0.3 is 0 Å². The van der Waals surface area contributed by atoms with Crippen molar-refractivity contribution in [3.8, 4) is 0 Å². The SMILES string of the molecule is FC(F)c1cc2[nH]c(C(Cl)(Cl)Cl)nc2cc1Cl. The molecule has 0 bridgehead atoms. The summed E-state index contributed by atoms with van der Waals surface area (Å²) in [6.45, 7) is 0. The molecule has 0 aliphatic heterocycles. The van der Waals surface area contributed by atoms with Crippen LogP contribution in [0.2, 0.25) is 5.02 Å². The molecule has 0 saturated carbocycles. The van der Waals surface area contributed by atoms with Crippen LogP contribution < -0.4 is 0 Å². The van der Waals surface area contributed by atoms with Crippen LogP contribution in [-0.2, 0) is 3.79 Å². The molecule has 0 spiro atoms. The molecule has 8 heteroatoms. The van der Waals surface area contributed by atoms with Crippen LogP contribution in [0.25, 0.3) is 11.0 Å². The summed E-state index contributed by atoms with van der Waals surface area (Å²) in [6.07, 6.45) is -2.67. The molecule has 17 heavy (non-hydrogen) atoms. The zero-order chi connectivity index (χ0) is 12.8. The van der Waals surface area contributed by atoms with Crippen molar-refractivity contribution in [3.63, 3.8) is 0 Å². The number of hydrogen-bond acceptors (Lipinski definition) is 1. The fourth-order valence-electron chi connectivity index (χ4n) is 1.35. The van der Waals surface area contributed by atoms with Crippen LogP contribution in [0, 0.1) is 0 Å². The molecule has 1 aromatic carbocycles. The minimum absolute atomic E-state index is 0.0555. The molecule has 0 unspecified atom stereocenters. The number of nitrogens with zero attached hydrogens (tertiary/aromatic N) is 1. The van der Waals surface area contributed by atoms with Gasteiger partial charge in [-0.2, -0.15) is 0 Å². The molecule has 0 aliphatic rings. The zero-order valence-electron chi connectivity index (χ0n) is 7.95. The minimum Gasteiger partial charge on any atom is -0.338 e. The van der Waals surface area contributed by atoms with E-state index in [0.29, 0.717) is 11.0 Å². The Morgan fingerprint density at radius 2 is 1.88 bits per heavy atom. The standard InChI is InChI=1S/C9H4Cl4F2N2/c10-4-2-6-5(1-3(4)7(14)15)16-8(17-6)9(11,12)13/h1-2,7H,(H,16,17). The van der Waals surface area contributed by atoms with Gasteiger partial charge in [-0.3, -0.25) is 0 Å². The summed E-state index contributed by atoms with van der Waals surface area (Å²) in [5.41, 5.74) is 0.408. The van der Waals surface area contributed by atoms with Crippen LogP contribution in [0.15, 0.2) is 12.1 Å². The Morgan fingerprint density at radius 3 is 2.41 bits per heavy atom. The van der Waals surface area contributed by atoms with Crippen molar-refractivity contribution >= 4 is 57.4 Å². The molecule has 2 aromatic rings. The van der Waals surface area contributed by atoms with Gasteiger partial charge in [0, 0.05) is 5.56 Å². The maximum atomic E-state index is 12.6. The van der Waals surface area contributed by atoms with Crippen molar-refractivity contribution in [2.24, 2.45) is 0 Å². The Balaban J connectivity index is 2.63. The first-order chi connectivity index (χ1) is 7.79. The van der Waals surface area contributed by atoms with Crippen molar-refractivity contribution in [1.29, 1.82) is 0 Å². The van der Waals surface area contributed by atoms with Crippen molar-refractivity contribution in [3.05, 3.63) is 28.5 Å². The maximum Gasteiger partial charge on any atom is 0.265 e. The molecule has 0 amide bonds. The zero-order valence-corrected chi connectivity index (χ0v) is 11.0. The van der Waals surface area contributed by atoms with Crippen LogP contribution >= 0.6 is 46.4 Å². The Hall–Kier alpha value is -0.290. The number of nitrogens with one attached hydrogen (secondary N) is 1. The van der Waals surface area contributed by atoms with Crippen molar-refractivity contribution in [1.82, 2.24) is 9.97 Å². The summed E-state index contributed by atoms with van der Waals surface area (Å²) in [4.78, 5) is 6.62. The summed E-state index contributed by atoms with van der Waals surface area (Å²) in [6, 6.07) is 2.49. The molecule has 1 aromatic heterocycles. The Labute approximate surface area is 115 Å². The van der Waals surface area contributed by atoms with Gasteiger partial charge in [0.05, 0.1) is 16.1 Å². The smallest absolute Gasteiger partial charge is 0.265 e. The summed E-state index contributed by atoms with van der Waals surface area (Å²) in [5, 5.41) is -0.0742. The van der Waals surface area contributed by atoms with E-state index in [1.165, 1.54) is 12.1 Å². The Morgan fingerprint density at radius 1 is 1.24 bits per heavy atom. The normalized spacial score (nSPS) is 12.6. The third kappa shape index (κ3) is 2.60. The van der Waals surface area contributed by atoms with Crippen LogP contribution in [0.4, 0.5) is 8.78 Å². The number of hydrogen-bond donors (Lipinski definition) is 1. The van der Waals surface area contributed by atoms with Gasteiger partial charge in [0.1, 0.15) is 0 Å². The highest BCUT2D eigenvalue weighted by Crippen LogP contribution is 2.38. The third-order valence-corrected chi connectivity index (χ3v) is 2.97. The van der Waals surface area contributed by atoms with Crippen molar-refractivity contribution < 1.29 is 8.78 Å². The average Bonchev–Trinajstić information content (AvgIpc) is 2.58. The number of H-pyrrole nitrogens is 1. The second-order valence-corrected chi connectivity index (χ2v) is 5.96. The third-order valence-electron chi connectivity index (χ3n) is 2.10. The monoisotopic (exact) mass is 318 g/mol. The number of imidazole rings is 1. The van der Waals surface area contributed by atoms with E-state index in [1.807, 2.05) is 0 Å². The van der Waals surface area contributed by atoms with Gasteiger partial charge in [-0.25, -0.2) is 13.8 Å². The van der Waals surface area contributed by atoms with Gasteiger partial charge in [-0.1, -0.05) is 46.4 Å². The van der Waals surface area contributed by atoms with E-state index >= 15 is 0 Å². The van der Waals surface area contributed by atoms with E-state index in [-0.39, 0.29) is 16.4 Å². The molecule has 2 nitrogen and oxygen atoms in total. The van der Waals surface area contributed by atoms with Gasteiger partial charge in [0.2, 0.25) is 3.79 Å². The number of benzene rings is 1. The average molecular weight is 320 g/mol. The van der Waals surface area contributed by atoms with Crippen LogP contribution in [0.3, 0.4) is 0 Å². The molecule has 1 heterocycles. The highest BCUT2D eigenvalue weighted by molar-refractivity contribution is 6.66. The summed E-state index contributed by atoms with van der Waals surface area (Å²) in [5.74, 6) is 0.0555. The van der Waals surface area contributed by atoms with Crippen LogP contribution in [0.1, 0.15) is 17.8 Å². The highest BCUT2D eigenvalue weighted by atomic mass is 35.6. The van der Waals surface area contributed by atoms with Crippen LogP contribution in [-0.4, -0.2) is 9.97 Å². The molecule has 0 atom stereocenters. The number of halogens is 6. The van der Waals surface area contributed by atoms with Gasteiger partial charge in [0.25, 0.3) is 6.43 Å². The Kier molecular flexibility index (Phi) is 3.42. The van der Waals surface area contributed by atoms with E-state index in [9.17, 15) is 8.78 Å². The second kappa shape index (κ2) is 4.43. The predicted molar refractivity (Wildman–Crippen MR) is 65.3 cm³/mol. The number of fused-ring (bicyclic) bond motifs is 1. The summed E-state index contributed by atoms with van der Waals surface area (Å²) in [7, 11) is 0. The maximum absolute atomic E-state index is 12.6. The van der Waals surface area contributed by atoms with Crippen molar-refractivity contribution in [2.75, 3.05) is 0 Å². The number of alkyl halides is 5. The topological polar surface area (TPSA) is 28.7 Å². The van der Waals surface area contributed by atoms with Crippen molar-refractivity contribution in [2.45, 2.75) is 10.2 Å². The van der Waals surface area contributed by atoms with Gasteiger partial charge < -0.3 is 4.98 Å². The summed E-state index contributed by atoms with van der Waals surface area (Å²) < 4.78 is 23.5. The van der Waals surface area contributed by atoms with Gasteiger partial charge in [0.15, 0.2) is 5.82 Å². The largest absolute Gasteiger partial charge is 0.338 e. The molecule has 0 radical (unpaired) electrons. The van der Waals surface area contributed by atoms with E-state index in [1.54, 1.807) is 0 Å².